The molecule has 0 atom stereocenters. The number of pyridine rings is 1. The number of fused-ring (bicyclic) bond motifs is 1. The highest BCUT2D eigenvalue weighted by atomic mass is 16.5. The first-order valence-corrected chi connectivity index (χ1v) is 9.07. The molecule has 1 aliphatic rings. The number of hydrogen-bond donors (Lipinski definition) is 1. The van der Waals surface area contributed by atoms with E-state index in [4.69, 9.17) is 9.47 Å². The Bertz CT molecular complexity index is 739. The fourth-order valence-corrected chi connectivity index (χ4v) is 3.51. The smallest absolute Gasteiger partial charge is 0.256 e. The summed E-state index contributed by atoms with van der Waals surface area (Å²) >= 11 is 0. The minimum absolute atomic E-state index is 0.0454. The van der Waals surface area contributed by atoms with Crippen molar-refractivity contribution in [3.8, 4) is 5.75 Å². The largest absolute Gasteiger partial charge is 0.494 e. The van der Waals surface area contributed by atoms with Crippen molar-refractivity contribution in [2.24, 2.45) is 0 Å². The predicted octanol–water partition coefficient (Wildman–Crippen LogP) is 4.31. The lowest BCUT2D eigenvalue weighted by atomic mass is 9.83. The summed E-state index contributed by atoms with van der Waals surface area (Å²) in [6.07, 6.45) is 7.42. The Morgan fingerprint density at radius 2 is 2.04 bits per heavy atom. The van der Waals surface area contributed by atoms with Crippen LogP contribution in [-0.4, -0.2) is 30.2 Å². The zero-order chi connectivity index (χ0) is 17.7. The Hall–Kier alpha value is -2.14. The average Bonchev–Trinajstić information content (AvgIpc) is 2.67. The molecule has 25 heavy (non-hydrogen) atoms. The predicted molar refractivity (Wildman–Crippen MR) is 99.0 cm³/mol. The molecule has 2 aromatic rings. The van der Waals surface area contributed by atoms with Crippen molar-refractivity contribution in [3.63, 3.8) is 0 Å². The monoisotopic (exact) mass is 342 g/mol. The molecular weight excluding hydrogens is 316 g/mol. The van der Waals surface area contributed by atoms with E-state index >= 15 is 0 Å². The summed E-state index contributed by atoms with van der Waals surface area (Å²) in [5, 5.41) is 3.97. The number of aromatic nitrogens is 1. The highest BCUT2D eigenvalue weighted by Gasteiger charge is 2.40. The highest BCUT2D eigenvalue weighted by molar-refractivity contribution is 6.05. The molecule has 1 heterocycles. The van der Waals surface area contributed by atoms with Crippen molar-refractivity contribution < 1.29 is 14.3 Å². The van der Waals surface area contributed by atoms with Crippen LogP contribution in [-0.2, 0) is 9.53 Å². The third-order valence-corrected chi connectivity index (χ3v) is 4.86. The summed E-state index contributed by atoms with van der Waals surface area (Å²) in [5.41, 5.74) is 0.789. The summed E-state index contributed by atoms with van der Waals surface area (Å²) in [6, 6.07) is 7.52. The van der Waals surface area contributed by atoms with Gasteiger partial charge in [-0.05, 0) is 43.5 Å². The van der Waals surface area contributed by atoms with Crippen molar-refractivity contribution in [2.45, 2.75) is 51.0 Å². The molecule has 0 aliphatic heterocycles. The lowest BCUT2D eigenvalue weighted by Gasteiger charge is -2.35. The first kappa shape index (κ1) is 17.7. The van der Waals surface area contributed by atoms with Crippen LogP contribution in [0.3, 0.4) is 0 Å². The standard InChI is InChI=1S/C20H26N2O3/c1-3-14-25-20(11-5-4-6-12-20)19(23)22-16-9-10-17(24-2)18-15(16)8-7-13-21-18/h7-10,13H,3-6,11-12,14H2,1-2H3,(H,22,23). The van der Waals surface area contributed by atoms with E-state index in [0.717, 1.165) is 48.7 Å². The first-order chi connectivity index (χ1) is 12.2. The zero-order valence-electron chi connectivity index (χ0n) is 15.0. The number of hydrogen-bond acceptors (Lipinski definition) is 4. The van der Waals surface area contributed by atoms with Gasteiger partial charge < -0.3 is 14.8 Å². The number of nitrogens with one attached hydrogen (secondary N) is 1. The van der Waals surface area contributed by atoms with Gasteiger partial charge >= 0.3 is 0 Å². The second-order valence-corrected chi connectivity index (χ2v) is 6.57. The molecule has 1 saturated carbocycles. The van der Waals surface area contributed by atoms with E-state index in [1.165, 1.54) is 6.42 Å². The summed E-state index contributed by atoms with van der Waals surface area (Å²) in [4.78, 5) is 17.5. The molecule has 5 heteroatoms. The van der Waals surface area contributed by atoms with E-state index in [2.05, 4.69) is 17.2 Å². The molecule has 0 bridgehead atoms. The van der Waals surface area contributed by atoms with E-state index in [1.54, 1.807) is 13.3 Å². The van der Waals surface area contributed by atoms with Crippen LogP contribution in [0.25, 0.3) is 10.9 Å². The molecule has 3 rings (SSSR count). The number of carbonyl (C=O) groups excluding carboxylic acids is 1. The third-order valence-electron chi connectivity index (χ3n) is 4.86. The molecule has 1 aliphatic carbocycles. The normalized spacial score (nSPS) is 16.6. The second kappa shape index (κ2) is 7.83. The molecule has 1 amide bonds. The molecule has 0 spiro atoms. The van der Waals surface area contributed by atoms with Crippen LogP contribution in [0.1, 0.15) is 45.4 Å². The van der Waals surface area contributed by atoms with Crippen molar-refractivity contribution in [3.05, 3.63) is 30.5 Å². The number of carbonyl (C=O) groups is 1. The van der Waals surface area contributed by atoms with Gasteiger partial charge in [0, 0.05) is 18.2 Å². The minimum atomic E-state index is -0.706. The van der Waals surface area contributed by atoms with E-state index in [-0.39, 0.29) is 5.91 Å². The number of methoxy groups -OCH3 is 1. The molecule has 1 aromatic heterocycles. The van der Waals surface area contributed by atoms with Crippen molar-refractivity contribution >= 4 is 22.5 Å². The van der Waals surface area contributed by atoms with Crippen LogP contribution < -0.4 is 10.1 Å². The van der Waals surface area contributed by atoms with Crippen LogP contribution in [0.5, 0.6) is 5.75 Å². The van der Waals surface area contributed by atoms with Gasteiger partial charge in [0.2, 0.25) is 0 Å². The zero-order valence-corrected chi connectivity index (χ0v) is 15.0. The van der Waals surface area contributed by atoms with Crippen LogP contribution in [0.4, 0.5) is 5.69 Å². The van der Waals surface area contributed by atoms with Gasteiger partial charge in [0.05, 0.1) is 12.8 Å². The maximum Gasteiger partial charge on any atom is 0.256 e. The fourth-order valence-electron chi connectivity index (χ4n) is 3.51. The number of nitrogens with zero attached hydrogens (tertiary/aromatic N) is 1. The van der Waals surface area contributed by atoms with Crippen LogP contribution >= 0.6 is 0 Å². The Morgan fingerprint density at radius 3 is 2.76 bits per heavy atom. The summed E-state index contributed by atoms with van der Waals surface area (Å²) in [7, 11) is 1.62. The third kappa shape index (κ3) is 3.61. The van der Waals surface area contributed by atoms with E-state index < -0.39 is 5.60 Å². The highest BCUT2D eigenvalue weighted by Crippen LogP contribution is 2.35. The molecular formula is C20H26N2O3. The fraction of sp³-hybridized carbons (Fsp3) is 0.500. The topological polar surface area (TPSA) is 60.5 Å². The molecule has 1 fully saturated rings. The van der Waals surface area contributed by atoms with Gasteiger partial charge in [-0.3, -0.25) is 9.78 Å². The van der Waals surface area contributed by atoms with Crippen LogP contribution in [0, 0.1) is 0 Å². The molecule has 1 N–H and O–H groups in total. The van der Waals surface area contributed by atoms with Crippen molar-refractivity contribution in [1.29, 1.82) is 0 Å². The number of rotatable bonds is 6. The van der Waals surface area contributed by atoms with E-state index in [0.29, 0.717) is 12.4 Å². The Balaban J connectivity index is 1.90. The number of amides is 1. The number of ether oxygens (including phenoxy) is 2. The molecule has 0 unspecified atom stereocenters. The summed E-state index contributed by atoms with van der Waals surface area (Å²) in [5.74, 6) is 0.652. The van der Waals surface area contributed by atoms with Crippen molar-refractivity contribution in [1.82, 2.24) is 4.98 Å². The Labute approximate surface area is 148 Å². The van der Waals surface area contributed by atoms with Gasteiger partial charge in [-0.2, -0.15) is 0 Å². The number of anilines is 1. The van der Waals surface area contributed by atoms with Gasteiger partial charge in [0.1, 0.15) is 16.9 Å². The van der Waals surface area contributed by atoms with E-state index in [1.807, 2.05) is 24.3 Å². The molecule has 1 aromatic carbocycles. The first-order valence-electron chi connectivity index (χ1n) is 9.07. The lowest BCUT2D eigenvalue weighted by molar-refractivity contribution is -0.146. The minimum Gasteiger partial charge on any atom is -0.494 e. The Morgan fingerprint density at radius 1 is 1.24 bits per heavy atom. The van der Waals surface area contributed by atoms with Gasteiger partial charge in [-0.15, -0.1) is 0 Å². The van der Waals surface area contributed by atoms with Crippen molar-refractivity contribution in [2.75, 3.05) is 19.0 Å². The summed E-state index contributed by atoms with van der Waals surface area (Å²) in [6.45, 7) is 2.68. The molecule has 0 saturated heterocycles. The van der Waals surface area contributed by atoms with Gasteiger partial charge in [-0.25, -0.2) is 0 Å². The SMILES string of the molecule is CCCOC1(C(=O)Nc2ccc(OC)c3ncccc23)CCCCC1. The average molecular weight is 342 g/mol. The Kier molecular flexibility index (Phi) is 5.53. The summed E-state index contributed by atoms with van der Waals surface area (Å²) < 4.78 is 11.4. The van der Waals surface area contributed by atoms with Crippen LogP contribution in [0.2, 0.25) is 0 Å². The van der Waals surface area contributed by atoms with Gasteiger partial charge in [0.25, 0.3) is 5.91 Å². The number of benzene rings is 1. The quantitative estimate of drug-likeness (QED) is 0.850. The van der Waals surface area contributed by atoms with E-state index in [9.17, 15) is 4.79 Å². The second-order valence-electron chi connectivity index (χ2n) is 6.57. The molecule has 0 radical (unpaired) electrons. The lowest BCUT2D eigenvalue weighted by Crippen LogP contribution is -2.47. The molecule has 134 valence electrons. The maximum atomic E-state index is 13.1. The van der Waals surface area contributed by atoms with Gasteiger partial charge in [-0.1, -0.05) is 26.2 Å². The van der Waals surface area contributed by atoms with Crippen LogP contribution in [0.15, 0.2) is 30.5 Å². The maximum absolute atomic E-state index is 13.1. The molecule has 5 nitrogen and oxygen atoms in total. The van der Waals surface area contributed by atoms with Gasteiger partial charge in [0.15, 0.2) is 0 Å².